The van der Waals surface area contributed by atoms with Crippen molar-refractivity contribution in [2.75, 3.05) is 13.6 Å². The summed E-state index contributed by atoms with van der Waals surface area (Å²) >= 11 is 1.47. The van der Waals surface area contributed by atoms with Crippen molar-refractivity contribution in [3.63, 3.8) is 0 Å². The maximum absolute atomic E-state index is 12.1. The summed E-state index contributed by atoms with van der Waals surface area (Å²) in [7, 11) is 1.60. The largest absolute Gasteiger partial charge is 0.481 e. The third kappa shape index (κ3) is 4.63. The molecule has 1 heterocycles. The highest BCUT2D eigenvalue weighted by atomic mass is 32.1. The van der Waals surface area contributed by atoms with E-state index in [0.717, 1.165) is 11.4 Å². The number of aliphatic carboxylic acids is 1. The van der Waals surface area contributed by atoms with Crippen molar-refractivity contribution in [1.29, 1.82) is 0 Å². The summed E-state index contributed by atoms with van der Waals surface area (Å²) < 4.78 is 0. The summed E-state index contributed by atoms with van der Waals surface area (Å²) in [4.78, 5) is 28.6. The Morgan fingerprint density at radius 1 is 1.42 bits per heavy atom. The van der Waals surface area contributed by atoms with E-state index >= 15 is 0 Å². The molecule has 0 saturated carbocycles. The first-order valence-electron chi connectivity index (χ1n) is 6.24. The lowest BCUT2D eigenvalue weighted by Gasteiger charge is -2.18. The van der Waals surface area contributed by atoms with Crippen molar-refractivity contribution in [3.8, 4) is 0 Å². The lowest BCUT2D eigenvalue weighted by atomic mass is 10.1. The van der Waals surface area contributed by atoms with E-state index in [0.29, 0.717) is 11.6 Å². The molecule has 0 fully saturated rings. The molecule has 0 aliphatic heterocycles. The molecular formula is C13H20N2O3S. The van der Waals surface area contributed by atoms with Gasteiger partial charge in [-0.05, 0) is 5.92 Å². The number of carbonyl (C=O) groups excluding carboxylic acids is 1. The van der Waals surface area contributed by atoms with Gasteiger partial charge in [0.2, 0.25) is 0 Å². The molecule has 1 atom stereocenters. The second-order valence-electron chi connectivity index (χ2n) is 5.15. The highest BCUT2D eigenvalue weighted by Gasteiger charge is 2.20. The highest BCUT2D eigenvalue weighted by Crippen LogP contribution is 2.15. The zero-order valence-corrected chi connectivity index (χ0v) is 12.5. The summed E-state index contributed by atoms with van der Waals surface area (Å²) in [6.07, 6.45) is 0.854. The molecule has 5 nitrogen and oxygen atoms in total. The van der Waals surface area contributed by atoms with Gasteiger partial charge >= 0.3 is 5.97 Å². The van der Waals surface area contributed by atoms with Crippen molar-refractivity contribution >= 4 is 23.2 Å². The lowest BCUT2D eigenvalue weighted by Crippen LogP contribution is -2.33. The third-order valence-corrected chi connectivity index (χ3v) is 3.54. The fourth-order valence-corrected chi connectivity index (χ4v) is 2.60. The van der Waals surface area contributed by atoms with E-state index in [1.165, 1.54) is 16.2 Å². The summed E-state index contributed by atoms with van der Waals surface area (Å²) in [6, 6.07) is 0. The van der Waals surface area contributed by atoms with Gasteiger partial charge in [-0.2, -0.15) is 0 Å². The Kier molecular flexibility index (Phi) is 5.47. The van der Waals surface area contributed by atoms with Gasteiger partial charge in [0.05, 0.1) is 10.9 Å². The molecule has 1 N–H and O–H groups in total. The molecule has 1 rings (SSSR count). The van der Waals surface area contributed by atoms with Gasteiger partial charge in [-0.25, -0.2) is 4.98 Å². The van der Waals surface area contributed by atoms with Gasteiger partial charge in [-0.3, -0.25) is 9.59 Å². The maximum Gasteiger partial charge on any atom is 0.308 e. The molecule has 0 aliphatic rings. The minimum absolute atomic E-state index is 0.186. The van der Waals surface area contributed by atoms with E-state index in [1.54, 1.807) is 19.4 Å². The van der Waals surface area contributed by atoms with Crippen LogP contribution in [0.2, 0.25) is 0 Å². The standard InChI is InChI=1S/C13H20N2O3S/c1-8(2)5-11-14-10(7-19-11)12(16)15(4)6-9(3)13(17)18/h7-9H,5-6H2,1-4H3,(H,17,18). The van der Waals surface area contributed by atoms with Gasteiger partial charge in [-0.15, -0.1) is 11.3 Å². The molecule has 0 saturated heterocycles. The molecule has 106 valence electrons. The van der Waals surface area contributed by atoms with E-state index in [9.17, 15) is 9.59 Å². The minimum Gasteiger partial charge on any atom is -0.481 e. The zero-order valence-electron chi connectivity index (χ0n) is 11.7. The number of hydrogen-bond acceptors (Lipinski definition) is 4. The number of hydrogen-bond donors (Lipinski definition) is 1. The van der Waals surface area contributed by atoms with Crippen molar-refractivity contribution in [2.24, 2.45) is 11.8 Å². The number of carboxylic acid groups (broad SMARTS) is 1. The topological polar surface area (TPSA) is 70.5 Å². The molecule has 1 aromatic rings. The van der Waals surface area contributed by atoms with Crippen LogP contribution in [0, 0.1) is 11.8 Å². The Morgan fingerprint density at radius 2 is 2.05 bits per heavy atom. The minimum atomic E-state index is -0.904. The maximum atomic E-state index is 12.1. The normalized spacial score (nSPS) is 12.5. The fourth-order valence-electron chi connectivity index (χ4n) is 1.62. The number of rotatable bonds is 6. The highest BCUT2D eigenvalue weighted by molar-refractivity contribution is 7.09. The monoisotopic (exact) mass is 284 g/mol. The van der Waals surface area contributed by atoms with Crippen molar-refractivity contribution in [1.82, 2.24) is 9.88 Å². The number of carboxylic acids is 1. The van der Waals surface area contributed by atoms with Gasteiger partial charge in [0, 0.05) is 25.4 Å². The molecule has 6 heteroatoms. The fraction of sp³-hybridized carbons (Fsp3) is 0.615. The summed E-state index contributed by atoms with van der Waals surface area (Å²) in [6.45, 7) is 5.97. The Hall–Kier alpha value is -1.43. The lowest BCUT2D eigenvalue weighted by molar-refractivity contribution is -0.141. The van der Waals surface area contributed by atoms with Crippen LogP contribution in [0.1, 0.15) is 36.3 Å². The molecule has 0 aromatic carbocycles. The van der Waals surface area contributed by atoms with Gasteiger partial charge in [0.25, 0.3) is 5.91 Å². The summed E-state index contributed by atoms with van der Waals surface area (Å²) in [5, 5.41) is 11.5. The van der Waals surface area contributed by atoms with Crippen LogP contribution in [-0.4, -0.2) is 40.5 Å². The van der Waals surface area contributed by atoms with E-state index in [2.05, 4.69) is 18.8 Å². The second-order valence-corrected chi connectivity index (χ2v) is 6.09. The Labute approximate surface area is 117 Å². The van der Waals surface area contributed by atoms with Gasteiger partial charge in [0.15, 0.2) is 0 Å². The Bertz CT molecular complexity index is 456. The van der Waals surface area contributed by atoms with Crippen LogP contribution < -0.4 is 0 Å². The van der Waals surface area contributed by atoms with Crippen LogP contribution in [0.3, 0.4) is 0 Å². The van der Waals surface area contributed by atoms with Crippen molar-refractivity contribution in [2.45, 2.75) is 27.2 Å². The first-order valence-corrected chi connectivity index (χ1v) is 7.12. The number of carbonyl (C=O) groups is 2. The first-order chi connectivity index (χ1) is 8.81. The first kappa shape index (κ1) is 15.6. The second kappa shape index (κ2) is 6.65. The van der Waals surface area contributed by atoms with Crippen LogP contribution in [0.5, 0.6) is 0 Å². The average Bonchev–Trinajstić information content (AvgIpc) is 2.75. The van der Waals surface area contributed by atoms with Crippen LogP contribution >= 0.6 is 11.3 Å². The zero-order chi connectivity index (χ0) is 14.6. The van der Waals surface area contributed by atoms with Crippen LogP contribution in [-0.2, 0) is 11.2 Å². The smallest absolute Gasteiger partial charge is 0.308 e. The molecule has 0 bridgehead atoms. The van der Waals surface area contributed by atoms with E-state index in [4.69, 9.17) is 5.11 Å². The molecule has 19 heavy (non-hydrogen) atoms. The molecule has 1 aromatic heterocycles. The Balaban J connectivity index is 2.66. The van der Waals surface area contributed by atoms with Gasteiger partial charge < -0.3 is 10.0 Å². The molecule has 1 amide bonds. The summed E-state index contributed by atoms with van der Waals surface area (Å²) in [5.41, 5.74) is 0.403. The van der Waals surface area contributed by atoms with Crippen LogP contribution in [0.15, 0.2) is 5.38 Å². The molecular weight excluding hydrogens is 264 g/mol. The van der Waals surface area contributed by atoms with Crippen molar-refractivity contribution in [3.05, 3.63) is 16.1 Å². The number of amides is 1. The van der Waals surface area contributed by atoms with Crippen molar-refractivity contribution < 1.29 is 14.7 Å². The molecule has 0 radical (unpaired) electrons. The van der Waals surface area contributed by atoms with E-state index in [1.807, 2.05) is 0 Å². The molecule has 1 unspecified atom stereocenters. The number of nitrogens with zero attached hydrogens (tertiary/aromatic N) is 2. The average molecular weight is 284 g/mol. The quantitative estimate of drug-likeness (QED) is 0.868. The molecule has 0 aliphatic carbocycles. The Morgan fingerprint density at radius 3 is 2.58 bits per heavy atom. The van der Waals surface area contributed by atoms with E-state index in [-0.39, 0.29) is 12.5 Å². The van der Waals surface area contributed by atoms with Crippen LogP contribution in [0.25, 0.3) is 0 Å². The third-order valence-electron chi connectivity index (χ3n) is 2.67. The predicted molar refractivity (Wildman–Crippen MR) is 74.4 cm³/mol. The van der Waals surface area contributed by atoms with E-state index < -0.39 is 11.9 Å². The SMILES string of the molecule is CC(C)Cc1nc(C(=O)N(C)CC(C)C(=O)O)cs1. The number of aromatic nitrogens is 1. The molecule has 0 spiro atoms. The van der Waals surface area contributed by atoms with Gasteiger partial charge in [-0.1, -0.05) is 20.8 Å². The number of thiazole rings is 1. The predicted octanol–water partition coefficient (Wildman–Crippen LogP) is 2.13. The van der Waals surface area contributed by atoms with Gasteiger partial charge in [0.1, 0.15) is 5.69 Å². The van der Waals surface area contributed by atoms with Crippen LogP contribution in [0.4, 0.5) is 0 Å². The summed E-state index contributed by atoms with van der Waals surface area (Å²) in [5.74, 6) is -1.21.